The number of benzene rings is 9. The number of hydrogen-bond donors (Lipinski definition) is 0. The van der Waals surface area contributed by atoms with E-state index in [1.807, 2.05) is 26.8 Å². The van der Waals surface area contributed by atoms with Gasteiger partial charge in [-0.25, -0.2) is 0 Å². The summed E-state index contributed by atoms with van der Waals surface area (Å²) in [7, 11) is 5.76. The molecule has 10 rings (SSSR count). The number of nitrogens with zero attached hydrogens (tertiary/aromatic N) is 3. The number of hydrogen-bond acceptors (Lipinski definition) is 6. The molecule has 3 nitrogen and oxygen atoms in total. The first-order valence-electron chi connectivity index (χ1n) is 22.0. The molecule has 9 aromatic carbocycles. The molecule has 10 aromatic rings. The first kappa shape index (κ1) is 45.2. The zero-order valence-electron chi connectivity index (χ0n) is 36.0. The van der Waals surface area contributed by atoms with Gasteiger partial charge < -0.3 is 0 Å². The van der Waals surface area contributed by atoms with Crippen LogP contribution in [0.1, 0.15) is 0 Å². The zero-order chi connectivity index (χ0) is 44.5. The Morgan fingerprint density at radius 1 is 0.182 bits per heavy atom. The fourth-order valence-corrected chi connectivity index (χ4v) is 64.0. The summed E-state index contributed by atoms with van der Waals surface area (Å²) in [5, 5.41) is 2.31. The van der Waals surface area contributed by atoms with E-state index < -0.39 is 51.0 Å². The van der Waals surface area contributed by atoms with Crippen molar-refractivity contribution in [3.8, 4) is 0 Å². The predicted octanol–water partition coefficient (Wildman–Crippen LogP) is 8.15. The normalized spacial score (nSPS) is 11.8. The van der Waals surface area contributed by atoms with Crippen molar-refractivity contribution in [2.24, 2.45) is 0 Å². The van der Waals surface area contributed by atoms with Crippen LogP contribution in [0.2, 0.25) is 0 Å². The average Bonchev–Trinajstić information content (AvgIpc) is 3.41. The third-order valence-electron chi connectivity index (χ3n) is 11.9. The van der Waals surface area contributed by atoms with Crippen LogP contribution >= 0.6 is 26.8 Å². The van der Waals surface area contributed by atoms with Gasteiger partial charge in [-0.15, -0.1) is 0 Å². The maximum absolute atomic E-state index is 5.72. The van der Waals surface area contributed by atoms with Crippen LogP contribution in [0.5, 0.6) is 0 Å². The van der Waals surface area contributed by atoms with Crippen LogP contribution in [0.4, 0.5) is 0 Å². The van der Waals surface area contributed by atoms with Gasteiger partial charge in [0.15, 0.2) is 0 Å². The molecule has 66 heavy (non-hydrogen) atoms. The monoisotopic (exact) mass is 1230 g/mol. The molecular formula is C57H45N3S3Sn3. The molecule has 0 radical (unpaired) electrons. The van der Waals surface area contributed by atoms with Crippen molar-refractivity contribution >= 4 is 110 Å². The van der Waals surface area contributed by atoms with Gasteiger partial charge in [-0.05, 0) is 0 Å². The molecule has 0 spiro atoms. The SMILES string of the molecule is c1cc[c]([Sn]([S]c2nc([S][Sn]([c]3ccccc3)([c]3ccccc3)[c]3ccccc3)nc([S][Sn]([c]3ccccc3)([c]3ccccc3)[c]3ccccc3)n2)([c]2ccccc2)[c]2ccccc2)cc1. The van der Waals surface area contributed by atoms with E-state index in [4.69, 9.17) is 15.0 Å². The second-order valence-electron chi connectivity index (χ2n) is 15.8. The van der Waals surface area contributed by atoms with Crippen LogP contribution in [-0.2, 0) is 0 Å². The quantitative estimate of drug-likeness (QED) is 0.0967. The fraction of sp³-hybridized carbons (Fsp3) is 0. The van der Waals surface area contributed by atoms with Crippen molar-refractivity contribution in [2.75, 3.05) is 0 Å². The van der Waals surface area contributed by atoms with Crippen LogP contribution in [0, 0.1) is 0 Å². The molecule has 1 heterocycles. The first-order valence-corrected chi connectivity index (χ1v) is 47.8. The van der Waals surface area contributed by atoms with Crippen LogP contribution in [0.15, 0.2) is 288 Å². The van der Waals surface area contributed by atoms with Gasteiger partial charge in [0.25, 0.3) is 0 Å². The average molecular weight is 1220 g/mol. The van der Waals surface area contributed by atoms with Crippen molar-refractivity contribution in [3.05, 3.63) is 273 Å². The summed E-state index contributed by atoms with van der Waals surface area (Å²) in [6, 6.07) is 101. The molecule has 0 saturated heterocycles. The van der Waals surface area contributed by atoms with E-state index in [2.05, 4.69) is 273 Å². The molecular weight excluding hydrogens is 1180 g/mol. The summed E-state index contributed by atoms with van der Waals surface area (Å²) in [4.78, 5) is 17.2. The van der Waals surface area contributed by atoms with Crippen molar-refractivity contribution in [1.82, 2.24) is 15.0 Å². The Morgan fingerprint density at radius 2 is 0.303 bits per heavy atom. The predicted molar refractivity (Wildman–Crippen MR) is 289 cm³/mol. The summed E-state index contributed by atoms with van der Waals surface area (Å²) >= 11 is -12.2. The Kier molecular flexibility index (Phi) is 14.5. The van der Waals surface area contributed by atoms with E-state index in [1.165, 1.54) is 32.2 Å². The number of rotatable bonds is 15. The topological polar surface area (TPSA) is 38.7 Å². The zero-order valence-corrected chi connectivity index (χ0v) is 47.1. The molecule has 0 unspecified atom stereocenters. The molecule has 318 valence electrons. The summed E-state index contributed by atoms with van der Waals surface area (Å²) < 4.78 is 12.2. The van der Waals surface area contributed by atoms with Crippen molar-refractivity contribution in [3.63, 3.8) is 0 Å². The molecule has 0 N–H and O–H groups in total. The minimum absolute atomic E-state index is 0.770. The minimum atomic E-state index is -4.07. The van der Waals surface area contributed by atoms with E-state index in [0.717, 1.165) is 15.5 Å². The van der Waals surface area contributed by atoms with Gasteiger partial charge in [0.05, 0.1) is 0 Å². The standard InChI is InChI=1S/9C6H5.C3H3N3S3.3Sn/c9*1-2-4-6-5-3-1;7-1-4-2(8)6-3(9)5-1;;;/h9*1-5H;(H3,4,5,6,7,8,9);;;/q;;;;;;;;;;3*+1/p-3. The van der Waals surface area contributed by atoms with Gasteiger partial charge in [-0.2, -0.15) is 0 Å². The van der Waals surface area contributed by atoms with Gasteiger partial charge in [-0.1, -0.05) is 0 Å². The van der Waals surface area contributed by atoms with Gasteiger partial charge in [0.1, 0.15) is 0 Å². The molecule has 0 amide bonds. The van der Waals surface area contributed by atoms with E-state index in [0.29, 0.717) is 0 Å². The Labute approximate surface area is 408 Å². The van der Waals surface area contributed by atoms with Crippen LogP contribution < -0.4 is 32.2 Å². The molecule has 0 atom stereocenters. The Balaban J connectivity index is 1.26. The molecule has 0 bridgehead atoms. The summed E-state index contributed by atoms with van der Waals surface area (Å²) in [5.74, 6) is 0. The Bertz CT molecular complexity index is 2450. The first-order chi connectivity index (χ1) is 32.7. The van der Waals surface area contributed by atoms with Crippen LogP contribution in [-0.4, -0.2) is 65.9 Å². The Hall–Kier alpha value is -4.56. The second-order valence-corrected chi connectivity index (χ2v) is 61.6. The summed E-state index contributed by atoms with van der Waals surface area (Å²) in [6.07, 6.45) is 0. The third-order valence-corrected chi connectivity index (χ3v) is 70.2. The molecule has 0 aliphatic carbocycles. The summed E-state index contributed by atoms with van der Waals surface area (Å²) in [6.45, 7) is 0. The van der Waals surface area contributed by atoms with Gasteiger partial charge >= 0.3 is 413 Å². The van der Waals surface area contributed by atoms with E-state index in [-0.39, 0.29) is 0 Å². The maximum atomic E-state index is 5.72. The van der Waals surface area contributed by atoms with Gasteiger partial charge in [0.2, 0.25) is 0 Å². The molecule has 0 aliphatic rings. The third kappa shape index (κ3) is 9.21. The van der Waals surface area contributed by atoms with E-state index in [9.17, 15) is 0 Å². The molecule has 1 aromatic heterocycles. The fourth-order valence-electron chi connectivity index (χ4n) is 8.95. The molecule has 0 saturated carbocycles. The number of aromatic nitrogens is 3. The van der Waals surface area contributed by atoms with Crippen LogP contribution in [0.3, 0.4) is 0 Å². The van der Waals surface area contributed by atoms with Crippen molar-refractivity contribution < 1.29 is 0 Å². The van der Waals surface area contributed by atoms with Gasteiger partial charge in [0, 0.05) is 0 Å². The van der Waals surface area contributed by atoms with Crippen molar-refractivity contribution in [2.45, 2.75) is 15.5 Å². The molecule has 0 fully saturated rings. The molecule has 9 heteroatoms. The van der Waals surface area contributed by atoms with Crippen molar-refractivity contribution in [1.29, 1.82) is 0 Å². The van der Waals surface area contributed by atoms with E-state index in [1.54, 1.807) is 0 Å². The molecule has 0 aliphatic heterocycles. The van der Waals surface area contributed by atoms with Gasteiger partial charge in [-0.3, -0.25) is 0 Å². The Morgan fingerprint density at radius 3 is 0.424 bits per heavy atom. The second kappa shape index (κ2) is 21.2. The summed E-state index contributed by atoms with van der Waals surface area (Å²) in [5.41, 5.74) is 0. The van der Waals surface area contributed by atoms with Crippen LogP contribution in [0.25, 0.3) is 0 Å². The van der Waals surface area contributed by atoms with E-state index >= 15 is 0 Å².